The SMILES string of the molecule is CC1=C(C)c2cc(NC(=O)c3cc(OCCN4CCOCC4)nc(N)n3)ccc2C1. The number of hydrogen-bond donors (Lipinski definition) is 2. The summed E-state index contributed by atoms with van der Waals surface area (Å²) in [7, 11) is 0. The summed E-state index contributed by atoms with van der Waals surface area (Å²) in [6.07, 6.45) is 0.961. The van der Waals surface area contributed by atoms with Gasteiger partial charge in [0.2, 0.25) is 11.8 Å². The molecule has 1 aliphatic heterocycles. The topological polar surface area (TPSA) is 103 Å². The number of hydrogen-bond acceptors (Lipinski definition) is 7. The van der Waals surface area contributed by atoms with Crippen molar-refractivity contribution in [3.8, 4) is 5.88 Å². The Bertz CT molecular complexity index is 983. The monoisotopic (exact) mass is 409 g/mol. The van der Waals surface area contributed by atoms with Crippen LogP contribution in [0, 0.1) is 0 Å². The number of nitrogens with two attached hydrogens (primary N) is 1. The quantitative estimate of drug-likeness (QED) is 0.755. The second-order valence-electron chi connectivity index (χ2n) is 7.66. The maximum Gasteiger partial charge on any atom is 0.274 e. The standard InChI is InChI=1S/C22H27N5O3/c1-14-11-16-3-4-17(12-18(16)15(14)2)24-21(28)19-13-20(26-22(23)25-19)30-10-7-27-5-8-29-9-6-27/h3-4,12-13H,5-11H2,1-2H3,(H,24,28)(H2,23,25,26). The summed E-state index contributed by atoms with van der Waals surface area (Å²) >= 11 is 0. The van der Waals surface area contributed by atoms with Crippen LogP contribution in [-0.2, 0) is 11.2 Å². The maximum atomic E-state index is 12.7. The van der Waals surface area contributed by atoms with Gasteiger partial charge in [0, 0.05) is 31.4 Å². The molecule has 2 heterocycles. The molecule has 2 aliphatic rings. The number of aromatic nitrogens is 2. The molecule has 1 aromatic carbocycles. The summed E-state index contributed by atoms with van der Waals surface area (Å²) < 4.78 is 11.1. The third-order valence-electron chi connectivity index (χ3n) is 5.58. The molecule has 0 radical (unpaired) electrons. The van der Waals surface area contributed by atoms with Gasteiger partial charge in [0.05, 0.1) is 13.2 Å². The van der Waals surface area contributed by atoms with Crippen LogP contribution in [0.15, 0.2) is 29.8 Å². The number of benzene rings is 1. The van der Waals surface area contributed by atoms with Crippen LogP contribution < -0.4 is 15.8 Å². The number of morpholine rings is 1. The molecular weight excluding hydrogens is 382 g/mol. The average molecular weight is 409 g/mol. The third kappa shape index (κ3) is 4.60. The minimum atomic E-state index is -0.349. The summed E-state index contributed by atoms with van der Waals surface area (Å²) in [5, 5.41) is 2.90. The van der Waals surface area contributed by atoms with E-state index in [1.807, 2.05) is 12.1 Å². The van der Waals surface area contributed by atoms with Crippen molar-refractivity contribution in [1.82, 2.24) is 14.9 Å². The highest BCUT2D eigenvalue weighted by Gasteiger charge is 2.18. The number of carbonyl (C=O) groups excluding carboxylic acids is 1. The van der Waals surface area contributed by atoms with Gasteiger partial charge in [-0.25, -0.2) is 4.98 Å². The van der Waals surface area contributed by atoms with Gasteiger partial charge in [0.25, 0.3) is 5.91 Å². The first-order valence-corrected chi connectivity index (χ1v) is 10.2. The highest BCUT2D eigenvalue weighted by molar-refractivity contribution is 6.03. The molecule has 1 fully saturated rings. The smallest absolute Gasteiger partial charge is 0.274 e. The number of nitrogens with one attached hydrogen (secondary N) is 1. The molecule has 1 aliphatic carbocycles. The van der Waals surface area contributed by atoms with E-state index >= 15 is 0 Å². The van der Waals surface area contributed by atoms with E-state index in [-0.39, 0.29) is 17.5 Å². The Morgan fingerprint density at radius 2 is 2.03 bits per heavy atom. The predicted octanol–water partition coefficient (Wildman–Crippen LogP) is 2.37. The fourth-order valence-corrected chi connectivity index (χ4v) is 3.74. The van der Waals surface area contributed by atoms with Gasteiger partial charge in [0.1, 0.15) is 12.3 Å². The normalized spacial score (nSPS) is 16.5. The zero-order valence-electron chi connectivity index (χ0n) is 17.4. The molecule has 0 unspecified atom stereocenters. The zero-order chi connectivity index (χ0) is 21.1. The first-order valence-electron chi connectivity index (χ1n) is 10.2. The van der Waals surface area contributed by atoms with E-state index in [2.05, 4.69) is 40.1 Å². The van der Waals surface area contributed by atoms with E-state index < -0.39 is 0 Å². The van der Waals surface area contributed by atoms with Crippen LogP contribution in [0.4, 0.5) is 11.6 Å². The number of nitrogen functional groups attached to an aromatic ring is 1. The lowest BCUT2D eigenvalue weighted by Crippen LogP contribution is -2.38. The van der Waals surface area contributed by atoms with Crippen molar-refractivity contribution in [2.75, 3.05) is 50.5 Å². The van der Waals surface area contributed by atoms with Crippen molar-refractivity contribution in [1.29, 1.82) is 0 Å². The number of anilines is 2. The summed E-state index contributed by atoms with van der Waals surface area (Å²) in [6, 6.07) is 7.49. The average Bonchev–Trinajstić information content (AvgIpc) is 3.02. The first-order chi connectivity index (χ1) is 14.5. The lowest BCUT2D eigenvalue weighted by molar-refractivity contribution is 0.0320. The lowest BCUT2D eigenvalue weighted by atomic mass is 10.1. The van der Waals surface area contributed by atoms with Crippen LogP contribution in [0.5, 0.6) is 5.88 Å². The molecule has 0 bridgehead atoms. The molecule has 0 atom stereocenters. The largest absolute Gasteiger partial charge is 0.476 e. The summed E-state index contributed by atoms with van der Waals surface area (Å²) in [4.78, 5) is 23.1. The van der Waals surface area contributed by atoms with E-state index in [4.69, 9.17) is 15.2 Å². The molecular formula is C22H27N5O3. The van der Waals surface area contributed by atoms with E-state index in [0.717, 1.165) is 45.0 Å². The van der Waals surface area contributed by atoms with Crippen molar-refractivity contribution in [3.63, 3.8) is 0 Å². The van der Waals surface area contributed by atoms with Crippen molar-refractivity contribution in [2.45, 2.75) is 20.3 Å². The van der Waals surface area contributed by atoms with Crippen molar-refractivity contribution in [2.24, 2.45) is 0 Å². The van der Waals surface area contributed by atoms with Gasteiger partial charge in [0.15, 0.2) is 0 Å². The minimum absolute atomic E-state index is 0.00683. The Hall–Kier alpha value is -2.97. The molecule has 1 saturated heterocycles. The van der Waals surface area contributed by atoms with Crippen molar-refractivity contribution >= 4 is 23.1 Å². The van der Waals surface area contributed by atoms with Crippen LogP contribution in [0.25, 0.3) is 5.57 Å². The molecule has 1 amide bonds. The number of amides is 1. The first kappa shape index (κ1) is 20.3. The van der Waals surface area contributed by atoms with Crippen LogP contribution in [0.2, 0.25) is 0 Å². The molecule has 8 nitrogen and oxygen atoms in total. The van der Waals surface area contributed by atoms with Gasteiger partial charge in [-0.2, -0.15) is 4.98 Å². The Morgan fingerprint density at radius 3 is 2.83 bits per heavy atom. The lowest BCUT2D eigenvalue weighted by Gasteiger charge is -2.26. The van der Waals surface area contributed by atoms with Gasteiger partial charge in [-0.05, 0) is 49.1 Å². The number of nitrogens with zero attached hydrogens (tertiary/aromatic N) is 3. The Balaban J connectivity index is 1.40. The third-order valence-corrected chi connectivity index (χ3v) is 5.58. The maximum absolute atomic E-state index is 12.7. The van der Waals surface area contributed by atoms with Gasteiger partial charge in [-0.3, -0.25) is 9.69 Å². The van der Waals surface area contributed by atoms with Crippen LogP contribution in [0.3, 0.4) is 0 Å². The van der Waals surface area contributed by atoms with Crippen molar-refractivity contribution < 1.29 is 14.3 Å². The molecule has 1 aromatic heterocycles. The molecule has 2 aromatic rings. The number of carbonyl (C=O) groups is 1. The van der Waals surface area contributed by atoms with E-state index in [1.165, 1.54) is 28.3 Å². The minimum Gasteiger partial charge on any atom is -0.476 e. The number of rotatable bonds is 6. The zero-order valence-corrected chi connectivity index (χ0v) is 17.4. The highest BCUT2D eigenvalue weighted by Crippen LogP contribution is 2.34. The van der Waals surface area contributed by atoms with Gasteiger partial charge < -0.3 is 20.5 Å². The van der Waals surface area contributed by atoms with Gasteiger partial charge in [-0.15, -0.1) is 0 Å². The fraction of sp³-hybridized carbons (Fsp3) is 0.409. The molecule has 30 heavy (non-hydrogen) atoms. The molecule has 0 spiro atoms. The van der Waals surface area contributed by atoms with Crippen molar-refractivity contribution in [3.05, 3.63) is 46.7 Å². The molecule has 8 heteroatoms. The van der Waals surface area contributed by atoms with Crippen LogP contribution >= 0.6 is 0 Å². The number of ether oxygens (including phenoxy) is 2. The predicted molar refractivity (Wildman–Crippen MR) is 116 cm³/mol. The molecule has 0 saturated carbocycles. The van der Waals surface area contributed by atoms with Gasteiger partial charge >= 0.3 is 0 Å². The summed E-state index contributed by atoms with van der Waals surface area (Å²) in [5.41, 5.74) is 11.8. The van der Waals surface area contributed by atoms with Crippen LogP contribution in [-0.4, -0.2) is 60.2 Å². The Kier molecular flexibility index (Phi) is 5.96. The Morgan fingerprint density at radius 1 is 1.23 bits per heavy atom. The van der Waals surface area contributed by atoms with Gasteiger partial charge in [-0.1, -0.05) is 11.6 Å². The summed E-state index contributed by atoms with van der Waals surface area (Å²) in [6.45, 7) is 8.71. The number of allylic oxidation sites excluding steroid dienone is 2. The molecule has 4 rings (SSSR count). The second-order valence-corrected chi connectivity index (χ2v) is 7.66. The van der Waals surface area contributed by atoms with E-state index in [0.29, 0.717) is 12.5 Å². The highest BCUT2D eigenvalue weighted by atomic mass is 16.5. The van der Waals surface area contributed by atoms with E-state index in [1.54, 1.807) is 0 Å². The van der Waals surface area contributed by atoms with Crippen LogP contribution in [0.1, 0.15) is 35.5 Å². The second kappa shape index (κ2) is 8.81. The molecule has 158 valence electrons. The molecule has 3 N–H and O–H groups in total. The summed E-state index contributed by atoms with van der Waals surface area (Å²) in [5.74, 6) is -0.0462. The van der Waals surface area contributed by atoms with E-state index in [9.17, 15) is 4.79 Å². The number of fused-ring (bicyclic) bond motifs is 1. The Labute approximate surface area is 176 Å². The fourth-order valence-electron chi connectivity index (χ4n) is 3.74.